The van der Waals surface area contributed by atoms with Crippen LogP contribution in [0.3, 0.4) is 0 Å². The number of hydrogen-bond acceptors (Lipinski definition) is 2. The first kappa shape index (κ1) is 9.33. The summed E-state index contributed by atoms with van der Waals surface area (Å²) in [5.74, 6) is -0.786. The smallest absolute Gasteiger partial charge is 0.265 e. The average Bonchev–Trinajstić information content (AvgIpc) is 2.59. The van der Waals surface area contributed by atoms with Crippen LogP contribution in [0.2, 0.25) is 0 Å². The maximum absolute atomic E-state index is 13.1. The van der Waals surface area contributed by atoms with E-state index in [0.29, 0.717) is 10.1 Å². The number of hydrogen-bond donors (Lipinski definition) is 1. The zero-order valence-electron chi connectivity index (χ0n) is 6.93. The van der Waals surface area contributed by atoms with Crippen LogP contribution in [0.4, 0.5) is 18.9 Å². The van der Waals surface area contributed by atoms with Gasteiger partial charge in [-0.15, -0.1) is 11.3 Å². The lowest BCUT2D eigenvalue weighted by Crippen LogP contribution is -1.94. The van der Waals surface area contributed by atoms with Gasteiger partial charge in [0.1, 0.15) is 5.82 Å². The van der Waals surface area contributed by atoms with Crippen molar-refractivity contribution in [2.45, 2.75) is 6.43 Å². The molecule has 74 valence electrons. The summed E-state index contributed by atoms with van der Waals surface area (Å²) in [5, 5.41) is 1.98. The van der Waals surface area contributed by atoms with Crippen molar-refractivity contribution >= 4 is 27.1 Å². The fourth-order valence-corrected chi connectivity index (χ4v) is 2.24. The Kier molecular flexibility index (Phi) is 2.11. The van der Waals surface area contributed by atoms with Gasteiger partial charge in [0.2, 0.25) is 0 Å². The summed E-state index contributed by atoms with van der Waals surface area (Å²) in [6.45, 7) is 0. The molecule has 0 saturated carbocycles. The number of anilines is 1. The lowest BCUT2D eigenvalue weighted by Gasteiger charge is -2.04. The molecule has 1 aromatic heterocycles. The van der Waals surface area contributed by atoms with Crippen molar-refractivity contribution in [3.63, 3.8) is 0 Å². The Morgan fingerprint density at radius 2 is 2.07 bits per heavy atom. The van der Waals surface area contributed by atoms with Gasteiger partial charge >= 0.3 is 0 Å². The van der Waals surface area contributed by atoms with Crippen LogP contribution in [0.15, 0.2) is 17.5 Å². The van der Waals surface area contributed by atoms with E-state index in [1.165, 1.54) is 0 Å². The van der Waals surface area contributed by atoms with Crippen LogP contribution in [0.5, 0.6) is 0 Å². The van der Waals surface area contributed by atoms with Gasteiger partial charge in [0.25, 0.3) is 6.43 Å². The third kappa shape index (κ3) is 1.24. The Balaban J connectivity index is 2.84. The summed E-state index contributed by atoms with van der Waals surface area (Å²) < 4.78 is 38.4. The normalized spacial score (nSPS) is 11.4. The summed E-state index contributed by atoms with van der Waals surface area (Å²) in [4.78, 5) is 0. The maximum atomic E-state index is 13.1. The van der Waals surface area contributed by atoms with Crippen LogP contribution in [0.25, 0.3) is 10.1 Å². The van der Waals surface area contributed by atoms with E-state index in [1.807, 2.05) is 0 Å². The first-order valence-corrected chi connectivity index (χ1v) is 4.72. The predicted molar refractivity (Wildman–Crippen MR) is 51.2 cm³/mol. The number of alkyl halides is 2. The van der Waals surface area contributed by atoms with E-state index in [2.05, 4.69) is 0 Å². The van der Waals surface area contributed by atoms with Gasteiger partial charge < -0.3 is 5.73 Å². The number of benzene rings is 1. The SMILES string of the molecule is Nc1c(F)cc(C(F)F)c2sccc12. The number of fused-ring (bicyclic) bond motifs is 1. The minimum atomic E-state index is -2.67. The number of halogens is 3. The molecular formula is C9H6F3NS. The molecule has 0 radical (unpaired) electrons. The molecule has 0 bridgehead atoms. The highest BCUT2D eigenvalue weighted by molar-refractivity contribution is 7.17. The molecule has 1 nitrogen and oxygen atoms in total. The molecule has 2 aromatic rings. The van der Waals surface area contributed by atoms with E-state index in [1.54, 1.807) is 11.4 Å². The van der Waals surface area contributed by atoms with Crippen molar-refractivity contribution in [3.8, 4) is 0 Å². The lowest BCUT2D eigenvalue weighted by atomic mass is 10.1. The zero-order valence-corrected chi connectivity index (χ0v) is 7.75. The monoisotopic (exact) mass is 217 g/mol. The van der Waals surface area contributed by atoms with Gasteiger partial charge in [0.05, 0.1) is 5.69 Å². The Morgan fingerprint density at radius 3 is 2.71 bits per heavy atom. The molecule has 0 aliphatic rings. The molecule has 2 rings (SSSR count). The second-order valence-corrected chi connectivity index (χ2v) is 3.74. The van der Waals surface area contributed by atoms with E-state index >= 15 is 0 Å². The Bertz CT molecular complexity index is 478. The Morgan fingerprint density at radius 1 is 1.36 bits per heavy atom. The predicted octanol–water partition coefficient (Wildman–Crippen LogP) is 3.56. The van der Waals surface area contributed by atoms with Crippen LogP contribution in [0, 0.1) is 5.82 Å². The van der Waals surface area contributed by atoms with Crippen molar-refractivity contribution in [1.29, 1.82) is 0 Å². The molecule has 1 aromatic carbocycles. The highest BCUT2D eigenvalue weighted by Gasteiger charge is 2.17. The quantitative estimate of drug-likeness (QED) is 0.726. The summed E-state index contributed by atoms with van der Waals surface area (Å²) in [5.41, 5.74) is 5.06. The van der Waals surface area contributed by atoms with Crippen molar-refractivity contribution < 1.29 is 13.2 Å². The van der Waals surface area contributed by atoms with Gasteiger partial charge in [-0.3, -0.25) is 0 Å². The molecule has 0 spiro atoms. The van der Waals surface area contributed by atoms with E-state index < -0.39 is 12.2 Å². The minimum Gasteiger partial charge on any atom is -0.396 e. The highest BCUT2D eigenvalue weighted by atomic mass is 32.1. The first-order valence-electron chi connectivity index (χ1n) is 3.84. The van der Waals surface area contributed by atoms with E-state index in [-0.39, 0.29) is 11.3 Å². The molecule has 0 aliphatic heterocycles. The number of rotatable bonds is 1. The fraction of sp³-hybridized carbons (Fsp3) is 0.111. The molecule has 2 N–H and O–H groups in total. The molecule has 0 unspecified atom stereocenters. The van der Waals surface area contributed by atoms with Crippen molar-refractivity contribution in [3.05, 3.63) is 28.9 Å². The van der Waals surface area contributed by atoms with E-state index in [0.717, 1.165) is 17.4 Å². The van der Waals surface area contributed by atoms with E-state index in [4.69, 9.17) is 5.73 Å². The van der Waals surface area contributed by atoms with Crippen molar-refractivity contribution in [1.82, 2.24) is 0 Å². The summed E-state index contributed by atoms with van der Waals surface area (Å²) >= 11 is 1.14. The topological polar surface area (TPSA) is 26.0 Å². The Hall–Kier alpha value is -1.23. The summed E-state index contributed by atoms with van der Waals surface area (Å²) in [6.07, 6.45) is -2.67. The summed E-state index contributed by atoms with van der Waals surface area (Å²) in [6, 6.07) is 2.35. The minimum absolute atomic E-state index is 0.0642. The van der Waals surface area contributed by atoms with Gasteiger partial charge in [0.15, 0.2) is 0 Å². The van der Waals surface area contributed by atoms with Gasteiger partial charge in [0, 0.05) is 15.6 Å². The molecule has 0 aliphatic carbocycles. The molecule has 0 saturated heterocycles. The number of nitrogen functional groups attached to an aromatic ring is 1. The van der Waals surface area contributed by atoms with Crippen LogP contribution in [0.1, 0.15) is 12.0 Å². The second-order valence-electron chi connectivity index (χ2n) is 2.83. The molecule has 0 amide bonds. The van der Waals surface area contributed by atoms with Gasteiger partial charge in [-0.1, -0.05) is 0 Å². The second kappa shape index (κ2) is 3.16. The van der Waals surface area contributed by atoms with Gasteiger partial charge in [-0.05, 0) is 17.5 Å². The van der Waals surface area contributed by atoms with Crippen LogP contribution in [-0.4, -0.2) is 0 Å². The highest BCUT2D eigenvalue weighted by Crippen LogP contribution is 2.36. The standard InChI is InChI=1S/C9H6F3NS/c10-6-3-5(9(11)12)8-4(7(6)13)1-2-14-8/h1-3,9H,13H2. The number of thiophene rings is 1. The largest absolute Gasteiger partial charge is 0.396 e. The van der Waals surface area contributed by atoms with Crippen LogP contribution < -0.4 is 5.73 Å². The molecule has 1 heterocycles. The summed E-state index contributed by atoms with van der Waals surface area (Å²) in [7, 11) is 0. The third-order valence-corrected chi connectivity index (χ3v) is 2.96. The van der Waals surface area contributed by atoms with Crippen molar-refractivity contribution in [2.24, 2.45) is 0 Å². The van der Waals surface area contributed by atoms with Crippen LogP contribution >= 0.6 is 11.3 Å². The first-order chi connectivity index (χ1) is 6.61. The number of nitrogens with two attached hydrogens (primary N) is 1. The molecule has 14 heavy (non-hydrogen) atoms. The Labute approximate surface area is 82.0 Å². The molecule has 5 heteroatoms. The van der Waals surface area contributed by atoms with Crippen molar-refractivity contribution in [2.75, 3.05) is 5.73 Å². The fourth-order valence-electron chi connectivity index (χ4n) is 1.32. The zero-order chi connectivity index (χ0) is 10.3. The molecule has 0 atom stereocenters. The third-order valence-electron chi connectivity index (χ3n) is 1.99. The van der Waals surface area contributed by atoms with E-state index in [9.17, 15) is 13.2 Å². The lowest BCUT2D eigenvalue weighted by molar-refractivity contribution is 0.153. The van der Waals surface area contributed by atoms with Gasteiger partial charge in [-0.25, -0.2) is 13.2 Å². The van der Waals surface area contributed by atoms with Crippen LogP contribution in [-0.2, 0) is 0 Å². The van der Waals surface area contributed by atoms with Gasteiger partial charge in [-0.2, -0.15) is 0 Å². The molecule has 0 fully saturated rings. The molecular weight excluding hydrogens is 211 g/mol. The maximum Gasteiger partial charge on any atom is 0.265 e. The average molecular weight is 217 g/mol.